The van der Waals surface area contributed by atoms with Gasteiger partial charge in [-0.3, -0.25) is 9.69 Å². The number of allylic oxidation sites excluding steroid dienone is 3. The van der Waals surface area contributed by atoms with Crippen molar-refractivity contribution in [1.29, 1.82) is 0 Å². The van der Waals surface area contributed by atoms with Gasteiger partial charge in [0, 0.05) is 25.8 Å². The number of thiocarbonyl (C=S) groups is 1. The summed E-state index contributed by atoms with van der Waals surface area (Å²) in [6, 6.07) is 0. The summed E-state index contributed by atoms with van der Waals surface area (Å²) in [6.45, 7) is 3.49. The molecule has 2 saturated heterocycles. The monoisotopic (exact) mass is 252 g/mol. The first-order valence-corrected chi connectivity index (χ1v) is 6.20. The van der Waals surface area contributed by atoms with E-state index in [0.29, 0.717) is 12.3 Å². The molecule has 0 radical (unpaired) electrons. The molecule has 0 aromatic carbocycles. The van der Waals surface area contributed by atoms with E-state index < -0.39 is 0 Å². The van der Waals surface area contributed by atoms with Crippen molar-refractivity contribution < 1.29 is 9.53 Å². The van der Waals surface area contributed by atoms with Gasteiger partial charge in [0.15, 0.2) is 5.76 Å². The Labute approximate surface area is 107 Å². The van der Waals surface area contributed by atoms with Gasteiger partial charge < -0.3 is 9.64 Å². The lowest BCUT2D eigenvalue weighted by atomic mass is 10.3. The fourth-order valence-corrected chi connectivity index (χ4v) is 2.30. The van der Waals surface area contributed by atoms with Crippen molar-refractivity contribution in [3.05, 3.63) is 23.6 Å². The molecule has 0 bridgehead atoms. The third kappa shape index (κ3) is 2.34. The molecule has 0 spiro atoms. The maximum absolute atomic E-state index is 11.8. The van der Waals surface area contributed by atoms with Crippen LogP contribution in [0.2, 0.25) is 0 Å². The number of rotatable bonds is 2. The van der Waals surface area contributed by atoms with E-state index in [1.165, 1.54) is 17.0 Å². The highest BCUT2D eigenvalue weighted by Crippen LogP contribution is 2.21. The van der Waals surface area contributed by atoms with Gasteiger partial charge in [-0.1, -0.05) is 0 Å². The molecule has 5 heteroatoms. The lowest BCUT2D eigenvalue weighted by Gasteiger charge is -2.11. The molecule has 0 atom stereocenters. The molecule has 2 aliphatic rings. The topological polar surface area (TPSA) is 32.8 Å². The van der Waals surface area contributed by atoms with E-state index in [1.807, 2.05) is 13.0 Å². The van der Waals surface area contributed by atoms with E-state index in [-0.39, 0.29) is 11.1 Å². The maximum Gasteiger partial charge on any atom is 0.297 e. The van der Waals surface area contributed by atoms with Crippen molar-refractivity contribution in [3.63, 3.8) is 0 Å². The van der Waals surface area contributed by atoms with Crippen molar-refractivity contribution in [3.8, 4) is 0 Å². The average molecular weight is 252 g/mol. The fraction of sp³-hybridized carbons (Fsp3) is 0.500. The molecule has 0 saturated carbocycles. The molecule has 0 unspecified atom stereocenters. The van der Waals surface area contributed by atoms with Gasteiger partial charge in [0.05, 0.1) is 0 Å². The van der Waals surface area contributed by atoms with Crippen LogP contribution in [0.3, 0.4) is 0 Å². The minimum Gasteiger partial charge on any atom is -0.426 e. The molecule has 0 N–H and O–H groups in total. The molecule has 17 heavy (non-hydrogen) atoms. The van der Waals surface area contributed by atoms with Gasteiger partial charge in [-0.2, -0.15) is 0 Å². The van der Waals surface area contributed by atoms with Crippen molar-refractivity contribution in [2.45, 2.75) is 19.8 Å². The highest BCUT2D eigenvalue weighted by Gasteiger charge is 2.31. The van der Waals surface area contributed by atoms with Crippen LogP contribution in [0.15, 0.2) is 23.6 Å². The SMILES string of the molecule is CCN1C(=O)C(=CC=C2CCCN2C)OC1=S. The summed E-state index contributed by atoms with van der Waals surface area (Å²) in [5.74, 6) is 0.180. The number of hydrogen-bond acceptors (Lipinski definition) is 4. The lowest BCUT2D eigenvalue weighted by molar-refractivity contribution is -0.122. The molecule has 0 aromatic rings. The Balaban J connectivity index is 2.13. The minimum atomic E-state index is -0.144. The van der Waals surface area contributed by atoms with Crippen LogP contribution in [0.4, 0.5) is 0 Å². The van der Waals surface area contributed by atoms with Gasteiger partial charge in [-0.25, -0.2) is 0 Å². The quantitative estimate of drug-likeness (QED) is 0.552. The second-order valence-corrected chi connectivity index (χ2v) is 4.48. The molecular weight excluding hydrogens is 236 g/mol. The smallest absolute Gasteiger partial charge is 0.297 e. The second-order valence-electron chi connectivity index (χ2n) is 4.13. The first-order chi connectivity index (χ1) is 8.13. The summed E-state index contributed by atoms with van der Waals surface area (Å²) in [5.41, 5.74) is 1.23. The van der Waals surface area contributed by atoms with Gasteiger partial charge in [-0.15, -0.1) is 0 Å². The Hall–Kier alpha value is -1.36. The fourth-order valence-electron chi connectivity index (χ4n) is 2.00. The summed E-state index contributed by atoms with van der Waals surface area (Å²) in [4.78, 5) is 15.5. The lowest BCUT2D eigenvalue weighted by Crippen LogP contribution is -2.27. The summed E-state index contributed by atoms with van der Waals surface area (Å²) < 4.78 is 5.28. The molecule has 2 aliphatic heterocycles. The van der Waals surface area contributed by atoms with Crippen LogP contribution >= 0.6 is 12.2 Å². The highest BCUT2D eigenvalue weighted by atomic mass is 32.1. The third-order valence-electron chi connectivity index (χ3n) is 3.03. The predicted molar refractivity (Wildman–Crippen MR) is 69.1 cm³/mol. The van der Waals surface area contributed by atoms with Crippen LogP contribution in [-0.4, -0.2) is 41.0 Å². The zero-order valence-corrected chi connectivity index (χ0v) is 10.9. The molecule has 92 valence electrons. The van der Waals surface area contributed by atoms with Gasteiger partial charge in [-0.05, 0) is 44.1 Å². The Morgan fingerprint density at radius 2 is 2.24 bits per heavy atom. The molecule has 0 aromatic heterocycles. The van der Waals surface area contributed by atoms with E-state index in [2.05, 4.69) is 11.9 Å². The molecule has 0 aliphatic carbocycles. The highest BCUT2D eigenvalue weighted by molar-refractivity contribution is 7.80. The first kappa shape index (κ1) is 12.1. The summed E-state index contributed by atoms with van der Waals surface area (Å²) >= 11 is 4.98. The van der Waals surface area contributed by atoms with E-state index >= 15 is 0 Å². The van der Waals surface area contributed by atoms with E-state index in [9.17, 15) is 4.79 Å². The molecule has 2 fully saturated rings. The van der Waals surface area contributed by atoms with Gasteiger partial charge >= 0.3 is 0 Å². The molecular formula is C12H16N2O2S. The van der Waals surface area contributed by atoms with Crippen molar-refractivity contribution in [1.82, 2.24) is 9.80 Å². The van der Waals surface area contributed by atoms with Crippen molar-refractivity contribution in [2.75, 3.05) is 20.1 Å². The summed E-state index contributed by atoms with van der Waals surface area (Å²) in [6.07, 6.45) is 5.89. The largest absolute Gasteiger partial charge is 0.426 e. The standard InChI is InChI=1S/C12H16N2O2S/c1-3-14-11(15)10(16-12(14)17)7-6-9-5-4-8-13(9)2/h6-7H,3-5,8H2,1-2H3. The number of carbonyl (C=O) groups is 1. The maximum atomic E-state index is 11.8. The normalized spacial score (nSPS) is 25.3. The molecule has 1 amide bonds. The number of likely N-dealkylation sites (tertiary alicyclic amines) is 1. The van der Waals surface area contributed by atoms with Gasteiger partial charge in [0.25, 0.3) is 11.1 Å². The molecule has 2 heterocycles. The van der Waals surface area contributed by atoms with Crippen molar-refractivity contribution >= 4 is 23.3 Å². The Morgan fingerprint density at radius 3 is 2.76 bits per heavy atom. The van der Waals surface area contributed by atoms with E-state index in [4.69, 9.17) is 17.0 Å². The Kier molecular flexibility index (Phi) is 3.47. The van der Waals surface area contributed by atoms with Gasteiger partial charge in [0.1, 0.15) is 0 Å². The zero-order valence-electron chi connectivity index (χ0n) is 10.1. The molecule has 4 nitrogen and oxygen atoms in total. The second kappa shape index (κ2) is 4.87. The van der Waals surface area contributed by atoms with Crippen LogP contribution in [0.5, 0.6) is 0 Å². The number of likely N-dealkylation sites (N-methyl/N-ethyl adjacent to an activating group) is 1. The van der Waals surface area contributed by atoms with Gasteiger partial charge in [0.2, 0.25) is 0 Å². The third-order valence-corrected chi connectivity index (χ3v) is 3.34. The zero-order chi connectivity index (χ0) is 12.4. The number of ether oxygens (including phenoxy) is 1. The minimum absolute atomic E-state index is 0.144. The summed E-state index contributed by atoms with van der Waals surface area (Å²) in [7, 11) is 2.05. The van der Waals surface area contributed by atoms with Crippen LogP contribution in [-0.2, 0) is 9.53 Å². The number of amides is 1. The number of nitrogens with zero attached hydrogens (tertiary/aromatic N) is 2. The van der Waals surface area contributed by atoms with Crippen LogP contribution < -0.4 is 0 Å². The van der Waals surface area contributed by atoms with E-state index in [1.54, 1.807) is 6.08 Å². The van der Waals surface area contributed by atoms with E-state index in [0.717, 1.165) is 13.0 Å². The predicted octanol–water partition coefficient (Wildman–Crippen LogP) is 1.64. The molecule has 2 rings (SSSR count). The average Bonchev–Trinajstić information content (AvgIpc) is 2.81. The summed E-state index contributed by atoms with van der Waals surface area (Å²) in [5, 5.41) is 0.252. The Bertz CT molecular complexity index is 415. The van der Waals surface area contributed by atoms with Crippen LogP contribution in [0.1, 0.15) is 19.8 Å². The van der Waals surface area contributed by atoms with Crippen molar-refractivity contribution in [2.24, 2.45) is 0 Å². The first-order valence-electron chi connectivity index (χ1n) is 5.79. The van der Waals surface area contributed by atoms with Crippen LogP contribution in [0.25, 0.3) is 0 Å². The van der Waals surface area contributed by atoms with Crippen LogP contribution in [0, 0.1) is 0 Å². The number of carbonyl (C=O) groups excluding carboxylic acids is 1. The number of hydrogen-bond donors (Lipinski definition) is 0. The Morgan fingerprint density at radius 1 is 1.47 bits per heavy atom.